The van der Waals surface area contributed by atoms with E-state index in [9.17, 15) is 9.59 Å². The van der Waals surface area contributed by atoms with E-state index in [2.05, 4.69) is 22.8 Å². The minimum absolute atomic E-state index is 0.124. The Hall–Kier alpha value is -3.36. The molecule has 0 aliphatic rings. The number of aryl methyl sites for hydroxylation is 1. The fraction of sp³-hybridized carbons (Fsp3) is 0.231. The van der Waals surface area contributed by atoms with E-state index in [1.165, 1.54) is 4.88 Å². The van der Waals surface area contributed by atoms with Gasteiger partial charge in [-0.25, -0.2) is 0 Å². The van der Waals surface area contributed by atoms with E-state index in [4.69, 9.17) is 9.47 Å². The van der Waals surface area contributed by atoms with Crippen LogP contribution in [0.25, 0.3) is 16.9 Å². The third-order valence-corrected chi connectivity index (χ3v) is 7.12. The zero-order valence-electron chi connectivity index (χ0n) is 19.1. The maximum atomic E-state index is 12.8. The Morgan fingerprint density at radius 1 is 1.00 bits per heavy atom. The van der Waals surface area contributed by atoms with Gasteiger partial charge in [-0.3, -0.25) is 14.2 Å². The first kappa shape index (κ1) is 23.8. The summed E-state index contributed by atoms with van der Waals surface area (Å²) in [6, 6.07) is 16.8. The van der Waals surface area contributed by atoms with E-state index >= 15 is 0 Å². The summed E-state index contributed by atoms with van der Waals surface area (Å²) < 4.78 is 12.4. The molecule has 4 rings (SSSR count). The number of nitrogens with one attached hydrogen (secondary N) is 1. The van der Waals surface area contributed by atoms with Gasteiger partial charge in [0.1, 0.15) is 11.5 Å². The zero-order valence-corrected chi connectivity index (χ0v) is 20.7. The molecule has 1 N–H and O–H groups in total. The van der Waals surface area contributed by atoms with Gasteiger partial charge in [0.2, 0.25) is 0 Å². The summed E-state index contributed by atoms with van der Waals surface area (Å²) in [6.45, 7) is 0.624. The lowest BCUT2D eigenvalue weighted by atomic mass is 10.1. The first-order valence-electron chi connectivity index (χ1n) is 10.9. The Bertz CT molecular complexity index is 1310. The van der Waals surface area contributed by atoms with E-state index in [1.54, 1.807) is 59.8 Å². The van der Waals surface area contributed by atoms with Crippen molar-refractivity contribution < 1.29 is 14.3 Å². The van der Waals surface area contributed by atoms with Crippen LogP contribution in [0.2, 0.25) is 0 Å². The molecule has 0 bridgehead atoms. The molecule has 0 aliphatic carbocycles. The van der Waals surface area contributed by atoms with E-state index in [-0.39, 0.29) is 10.8 Å². The van der Waals surface area contributed by atoms with Crippen molar-refractivity contribution in [2.24, 2.45) is 0 Å². The number of aromatic nitrogens is 1. The maximum absolute atomic E-state index is 12.8. The third-order valence-electron chi connectivity index (χ3n) is 5.46. The highest BCUT2D eigenvalue weighted by molar-refractivity contribution is 7.09. The number of amides is 1. The van der Waals surface area contributed by atoms with Crippen LogP contribution >= 0.6 is 22.7 Å². The van der Waals surface area contributed by atoms with Crippen LogP contribution in [0.4, 0.5) is 0 Å². The van der Waals surface area contributed by atoms with Gasteiger partial charge in [-0.1, -0.05) is 29.5 Å². The number of rotatable bonds is 10. The first-order chi connectivity index (χ1) is 16.6. The van der Waals surface area contributed by atoms with Crippen molar-refractivity contribution in [1.29, 1.82) is 0 Å². The summed E-state index contributed by atoms with van der Waals surface area (Å²) in [6.07, 6.45) is 2.99. The first-order valence-corrected chi connectivity index (χ1v) is 12.7. The summed E-state index contributed by atoms with van der Waals surface area (Å²) in [5.41, 5.74) is 2.60. The Labute approximate surface area is 206 Å². The number of hydrogen-bond donors (Lipinski definition) is 1. The number of benzene rings is 2. The van der Waals surface area contributed by atoms with Crippen LogP contribution in [0.5, 0.6) is 11.5 Å². The highest BCUT2D eigenvalue weighted by Gasteiger charge is 2.17. The second kappa shape index (κ2) is 11.2. The SMILES string of the molecule is COc1ccc(OC)c(-n2c(-c3cccc(C(=O)NCCCCc4cccs4)c3)csc2=O)c1. The molecule has 0 radical (unpaired) electrons. The Morgan fingerprint density at radius 3 is 2.65 bits per heavy atom. The van der Waals surface area contributed by atoms with Crippen LogP contribution in [0.1, 0.15) is 28.1 Å². The molecule has 2 aromatic heterocycles. The normalized spacial score (nSPS) is 10.8. The fourth-order valence-corrected chi connectivity index (χ4v) is 5.22. The van der Waals surface area contributed by atoms with Crippen LogP contribution in [0, 0.1) is 0 Å². The number of nitrogens with zero attached hydrogens (tertiary/aromatic N) is 1. The number of carbonyl (C=O) groups is 1. The van der Waals surface area contributed by atoms with Gasteiger partial charge < -0.3 is 14.8 Å². The molecule has 0 aliphatic heterocycles. The molecule has 0 unspecified atom stereocenters. The number of ether oxygens (including phenoxy) is 2. The van der Waals surface area contributed by atoms with Crippen LogP contribution in [-0.4, -0.2) is 31.2 Å². The lowest BCUT2D eigenvalue weighted by Gasteiger charge is -2.14. The number of thiophene rings is 1. The van der Waals surface area contributed by atoms with Gasteiger partial charge in [-0.15, -0.1) is 11.3 Å². The van der Waals surface area contributed by atoms with Gasteiger partial charge >= 0.3 is 4.87 Å². The number of hydrogen-bond acceptors (Lipinski definition) is 6. The molecular weight excluding hydrogens is 468 g/mol. The zero-order chi connectivity index (χ0) is 23.9. The van der Waals surface area contributed by atoms with Gasteiger partial charge in [-0.2, -0.15) is 0 Å². The number of unbranched alkanes of at least 4 members (excludes halogenated alkanes) is 1. The lowest BCUT2D eigenvalue weighted by Crippen LogP contribution is -2.24. The molecule has 0 fully saturated rings. The molecule has 176 valence electrons. The summed E-state index contributed by atoms with van der Waals surface area (Å²) in [4.78, 5) is 26.8. The van der Waals surface area contributed by atoms with Crippen LogP contribution < -0.4 is 19.7 Å². The summed E-state index contributed by atoms with van der Waals surface area (Å²) >= 11 is 2.86. The van der Waals surface area contributed by atoms with Crippen molar-refractivity contribution in [3.05, 3.63) is 85.5 Å². The van der Waals surface area contributed by atoms with E-state index in [0.29, 0.717) is 35.0 Å². The molecule has 8 heteroatoms. The minimum atomic E-state index is -0.151. The van der Waals surface area contributed by atoms with E-state index < -0.39 is 0 Å². The van der Waals surface area contributed by atoms with Crippen LogP contribution in [0.3, 0.4) is 0 Å². The van der Waals surface area contributed by atoms with Gasteiger partial charge in [0.25, 0.3) is 5.91 Å². The predicted molar refractivity (Wildman–Crippen MR) is 138 cm³/mol. The fourth-order valence-electron chi connectivity index (χ4n) is 3.71. The van der Waals surface area contributed by atoms with Crippen molar-refractivity contribution in [2.45, 2.75) is 19.3 Å². The summed E-state index contributed by atoms with van der Waals surface area (Å²) in [5, 5.41) is 6.88. The molecule has 0 saturated heterocycles. The number of carbonyl (C=O) groups excluding carboxylic acids is 1. The predicted octanol–water partition coefficient (Wildman–Crippen LogP) is 5.40. The summed E-state index contributed by atoms with van der Waals surface area (Å²) in [7, 11) is 3.14. The van der Waals surface area contributed by atoms with Crippen molar-refractivity contribution in [3.63, 3.8) is 0 Å². The monoisotopic (exact) mass is 494 g/mol. The van der Waals surface area contributed by atoms with Crippen molar-refractivity contribution in [2.75, 3.05) is 20.8 Å². The molecule has 6 nitrogen and oxygen atoms in total. The van der Waals surface area contributed by atoms with Gasteiger partial charge in [0.05, 0.1) is 25.6 Å². The quantitative estimate of drug-likeness (QED) is 0.300. The number of methoxy groups -OCH3 is 2. The standard InChI is InChI=1S/C26H26N2O4S2/c1-31-20-11-12-24(32-2)22(16-20)28-23(17-34-26(28)30)18-7-5-8-19(15-18)25(29)27-13-4-3-9-21-10-6-14-33-21/h5-8,10-12,14-17H,3-4,9,13H2,1-2H3,(H,27,29). The van der Waals surface area contributed by atoms with Gasteiger partial charge in [0.15, 0.2) is 0 Å². The molecule has 1 amide bonds. The van der Waals surface area contributed by atoms with Crippen molar-refractivity contribution >= 4 is 28.6 Å². The topological polar surface area (TPSA) is 69.6 Å². The minimum Gasteiger partial charge on any atom is -0.497 e. The molecule has 0 saturated carbocycles. The molecular formula is C26H26N2O4S2. The average molecular weight is 495 g/mol. The second-order valence-corrected chi connectivity index (χ2v) is 9.49. The molecule has 34 heavy (non-hydrogen) atoms. The van der Waals surface area contributed by atoms with E-state index in [1.807, 2.05) is 18.2 Å². The molecule has 2 aromatic carbocycles. The Morgan fingerprint density at radius 2 is 1.88 bits per heavy atom. The maximum Gasteiger partial charge on any atom is 0.312 e. The average Bonchev–Trinajstić information content (AvgIpc) is 3.53. The lowest BCUT2D eigenvalue weighted by molar-refractivity contribution is 0.0953. The largest absolute Gasteiger partial charge is 0.497 e. The smallest absolute Gasteiger partial charge is 0.312 e. The molecule has 0 spiro atoms. The molecule has 2 heterocycles. The third kappa shape index (κ3) is 5.40. The summed E-state index contributed by atoms with van der Waals surface area (Å²) in [5.74, 6) is 1.05. The Balaban J connectivity index is 1.51. The molecule has 4 aromatic rings. The van der Waals surface area contributed by atoms with Gasteiger partial charge in [0, 0.05) is 34.0 Å². The van der Waals surface area contributed by atoms with E-state index in [0.717, 1.165) is 36.2 Å². The highest BCUT2D eigenvalue weighted by Crippen LogP contribution is 2.31. The van der Waals surface area contributed by atoms with Crippen molar-refractivity contribution in [1.82, 2.24) is 9.88 Å². The van der Waals surface area contributed by atoms with Crippen LogP contribution in [0.15, 0.2) is 70.2 Å². The molecule has 0 atom stereocenters. The highest BCUT2D eigenvalue weighted by atomic mass is 32.1. The van der Waals surface area contributed by atoms with Crippen LogP contribution in [-0.2, 0) is 6.42 Å². The second-order valence-electron chi connectivity index (χ2n) is 7.63. The Kier molecular flexibility index (Phi) is 7.82. The van der Waals surface area contributed by atoms with Gasteiger partial charge in [-0.05, 0) is 55.0 Å². The number of thiazole rings is 1. The van der Waals surface area contributed by atoms with Crippen molar-refractivity contribution in [3.8, 4) is 28.4 Å².